The number of nitrogens with one attached hydrogen (secondary N) is 1. The van der Waals surface area contributed by atoms with E-state index in [-0.39, 0.29) is 6.61 Å². The first-order valence-electron chi connectivity index (χ1n) is 13.5. The van der Waals surface area contributed by atoms with Gasteiger partial charge in [0.05, 0.1) is 17.0 Å². The maximum Gasteiger partial charge on any atom is 0.160 e. The van der Waals surface area contributed by atoms with Crippen LogP contribution in [0.15, 0.2) is 28.8 Å². The van der Waals surface area contributed by atoms with Crippen molar-refractivity contribution in [1.29, 1.82) is 0 Å². The van der Waals surface area contributed by atoms with Gasteiger partial charge in [-0.2, -0.15) is 0 Å². The molecule has 3 heterocycles. The molecule has 2 aromatic heterocycles. The molecule has 206 valence electrons. The van der Waals surface area contributed by atoms with Gasteiger partial charge in [0, 0.05) is 30.9 Å². The molecule has 2 N–H and O–H groups in total. The number of ether oxygens (including phenoxy) is 1. The fourth-order valence-electron chi connectivity index (χ4n) is 5.28. The van der Waals surface area contributed by atoms with Crippen molar-refractivity contribution in [2.45, 2.75) is 59.2 Å². The molecule has 3 atom stereocenters. The zero-order chi connectivity index (χ0) is 27.2. The number of nitrogens with zero attached hydrogens (tertiary/aromatic N) is 4. The largest absolute Gasteiger partial charge is 0.491 e. The van der Waals surface area contributed by atoms with Gasteiger partial charge >= 0.3 is 0 Å². The molecule has 1 aliphatic heterocycles. The number of aliphatic hydroxyl groups excluding tert-OH is 1. The number of alkyl halides is 1. The lowest BCUT2D eigenvalue weighted by Crippen LogP contribution is -2.39. The summed E-state index contributed by atoms with van der Waals surface area (Å²) < 4.78 is 25.0. The molecule has 38 heavy (non-hydrogen) atoms. The highest BCUT2D eigenvalue weighted by Gasteiger charge is 2.25. The van der Waals surface area contributed by atoms with E-state index in [2.05, 4.69) is 22.3 Å². The molecule has 0 aliphatic carbocycles. The van der Waals surface area contributed by atoms with Crippen molar-refractivity contribution >= 4 is 0 Å². The number of hydrogen-bond acceptors (Lipinski definition) is 8. The fraction of sp³-hybridized carbons (Fsp3) is 0.552. The standard InChI is InChI=1S/C29H40FN5O3/c1-18(30)15-35-11-7-8-22(16-35)12-26-19(2)28(27-20(3)34-38-21(27)4)33-29(32-26)23-9-6-10-25(13-23)37-17-24(36)14-31-5/h6,9-10,13,18,22,24,31,36H,7-8,11-12,14-17H2,1-5H3. The second kappa shape index (κ2) is 12.8. The molecule has 4 rings (SSSR count). The third-order valence-electron chi connectivity index (χ3n) is 7.09. The summed E-state index contributed by atoms with van der Waals surface area (Å²) in [5, 5.41) is 17.1. The van der Waals surface area contributed by atoms with Crippen molar-refractivity contribution in [2.24, 2.45) is 5.92 Å². The molecule has 0 radical (unpaired) electrons. The predicted molar refractivity (Wildman–Crippen MR) is 146 cm³/mol. The van der Waals surface area contributed by atoms with Crippen molar-refractivity contribution in [2.75, 3.05) is 39.8 Å². The second-order valence-corrected chi connectivity index (χ2v) is 10.5. The van der Waals surface area contributed by atoms with E-state index in [1.54, 1.807) is 14.0 Å². The van der Waals surface area contributed by atoms with Gasteiger partial charge in [0.15, 0.2) is 5.82 Å². The van der Waals surface area contributed by atoms with Gasteiger partial charge in [-0.1, -0.05) is 17.3 Å². The highest BCUT2D eigenvalue weighted by Crippen LogP contribution is 2.33. The summed E-state index contributed by atoms with van der Waals surface area (Å²) in [5.41, 5.74) is 5.34. The number of rotatable bonds is 11. The molecular weight excluding hydrogens is 485 g/mol. The monoisotopic (exact) mass is 525 g/mol. The number of aryl methyl sites for hydroxylation is 2. The molecule has 1 aromatic carbocycles. The Morgan fingerprint density at radius 3 is 2.79 bits per heavy atom. The van der Waals surface area contributed by atoms with Crippen LogP contribution in [0.25, 0.3) is 22.6 Å². The Balaban J connectivity index is 1.68. The van der Waals surface area contributed by atoms with Gasteiger partial charge in [-0.3, -0.25) is 0 Å². The van der Waals surface area contributed by atoms with Gasteiger partial charge in [0.1, 0.15) is 30.4 Å². The van der Waals surface area contributed by atoms with Gasteiger partial charge in [-0.05, 0) is 84.2 Å². The molecule has 0 saturated carbocycles. The third kappa shape index (κ3) is 6.95. The number of likely N-dealkylation sites (tertiary alicyclic amines) is 1. The molecule has 1 fully saturated rings. The Morgan fingerprint density at radius 2 is 2.08 bits per heavy atom. The summed E-state index contributed by atoms with van der Waals surface area (Å²) >= 11 is 0. The van der Waals surface area contributed by atoms with Crippen LogP contribution in [0.3, 0.4) is 0 Å². The molecule has 3 unspecified atom stereocenters. The number of aromatic nitrogens is 3. The van der Waals surface area contributed by atoms with Gasteiger partial charge in [-0.25, -0.2) is 14.4 Å². The van der Waals surface area contributed by atoms with Crippen LogP contribution >= 0.6 is 0 Å². The van der Waals surface area contributed by atoms with Crippen molar-refractivity contribution in [3.05, 3.63) is 47.0 Å². The number of halogens is 1. The van der Waals surface area contributed by atoms with Crippen LogP contribution in [0.2, 0.25) is 0 Å². The summed E-state index contributed by atoms with van der Waals surface area (Å²) in [6.45, 7) is 10.4. The van der Waals surface area contributed by atoms with E-state index in [9.17, 15) is 9.50 Å². The smallest absolute Gasteiger partial charge is 0.160 e. The first-order chi connectivity index (χ1) is 18.2. The van der Waals surface area contributed by atoms with Crippen LogP contribution in [-0.2, 0) is 6.42 Å². The Hall–Kier alpha value is -2.88. The molecule has 9 heteroatoms. The Morgan fingerprint density at radius 1 is 1.26 bits per heavy atom. The maximum absolute atomic E-state index is 13.7. The molecule has 1 saturated heterocycles. The molecule has 3 aromatic rings. The van der Waals surface area contributed by atoms with Gasteiger partial charge < -0.3 is 24.6 Å². The van der Waals surface area contributed by atoms with E-state index in [0.717, 1.165) is 71.9 Å². The van der Waals surface area contributed by atoms with E-state index in [0.29, 0.717) is 30.6 Å². The first-order valence-corrected chi connectivity index (χ1v) is 13.5. The van der Waals surface area contributed by atoms with Gasteiger partial charge in [0.2, 0.25) is 0 Å². The minimum Gasteiger partial charge on any atom is -0.491 e. The Labute approximate surface area is 224 Å². The van der Waals surface area contributed by atoms with Gasteiger partial charge in [0.25, 0.3) is 0 Å². The summed E-state index contributed by atoms with van der Waals surface area (Å²) in [6, 6.07) is 7.64. The van der Waals surface area contributed by atoms with Crippen LogP contribution in [0.5, 0.6) is 5.75 Å². The predicted octanol–water partition coefficient (Wildman–Crippen LogP) is 4.30. The van der Waals surface area contributed by atoms with Crippen molar-refractivity contribution in [3.63, 3.8) is 0 Å². The average Bonchev–Trinajstić information content (AvgIpc) is 3.22. The molecular formula is C29H40FN5O3. The molecule has 0 spiro atoms. The minimum atomic E-state index is -0.832. The zero-order valence-corrected chi connectivity index (χ0v) is 23.1. The van der Waals surface area contributed by atoms with Crippen molar-refractivity contribution in [3.8, 4) is 28.4 Å². The van der Waals surface area contributed by atoms with Crippen LogP contribution in [0.1, 0.15) is 42.5 Å². The Kier molecular flexibility index (Phi) is 9.46. The SMILES string of the molecule is CNCC(O)COc1cccc(-c2nc(CC3CCCN(CC(C)F)C3)c(C)c(-c3c(C)noc3C)n2)c1. The average molecular weight is 526 g/mol. The number of benzene rings is 1. The number of piperidine rings is 1. The number of likely N-dealkylation sites (N-methyl/N-ethyl adjacent to an activating group) is 1. The van der Waals surface area contributed by atoms with E-state index >= 15 is 0 Å². The highest BCUT2D eigenvalue weighted by atomic mass is 19.1. The fourth-order valence-corrected chi connectivity index (χ4v) is 5.28. The van der Waals surface area contributed by atoms with Crippen LogP contribution in [0, 0.1) is 26.7 Å². The first kappa shape index (κ1) is 28.1. The highest BCUT2D eigenvalue weighted by molar-refractivity contribution is 5.71. The van der Waals surface area contributed by atoms with E-state index in [4.69, 9.17) is 19.2 Å². The zero-order valence-electron chi connectivity index (χ0n) is 23.1. The van der Waals surface area contributed by atoms with Crippen molar-refractivity contribution in [1.82, 2.24) is 25.3 Å². The lowest BCUT2D eigenvalue weighted by molar-refractivity contribution is 0.108. The minimum absolute atomic E-state index is 0.185. The van der Waals surface area contributed by atoms with E-state index < -0.39 is 12.3 Å². The van der Waals surface area contributed by atoms with E-state index in [1.165, 1.54) is 0 Å². The molecule has 0 bridgehead atoms. The quantitative estimate of drug-likeness (QED) is 0.383. The summed E-state index contributed by atoms with van der Waals surface area (Å²) in [7, 11) is 1.79. The summed E-state index contributed by atoms with van der Waals surface area (Å²) in [6.07, 6.45) is 1.51. The van der Waals surface area contributed by atoms with Crippen LogP contribution in [-0.4, -0.2) is 77.2 Å². The molecule has 1 aliphatic rings. The van der Waals surface area contributed by atoms with E-state index in [1.807, 2.05) is 38.1 Å². The normalized spacial score (nSPS) is 17.9. The lowest BCUT2D eigenvalue weighted by Gasteiger charge is -2.33. The summed E-state index contributed by atoms with van der Waals surface area (Å²) in [5.74, 6) is 2.36. The topological polar surface area (TPSA) is 96.5 Å². The number of hydrogen-bond donors (Lipinski definition) is 2. The summed E-state index contributed by atoms with van der Waals surface area (Å²) in [4.78, 5) is 12.3. The maximum atomic E-state index is 13.7. The van der Waals surface area contributed by atoms with Crippen LogP contribution < -0.4 is 10.1 Å². The number of aliphatic hydroxyl groups is 1. The van der Waals surface area contributed by atoms with Gasteiger partial charge in [-0.15, -0.1) is 0 Å². The Bertz CT molecular complexity index is 1200. The molecule has 8 nitrogen and oxygen atoms in total. The second-order valence-electron chi connectivity index (χ2n) is 10.5. The van der Waals surface area contributed by atoms with Crippen LogP contribution in [0.4, 0.5) is 4.39 Å². The lowest BCUT2D eigenvalue weighted by atomic mass is 9.90. The third-order valence-corrected chi connectivity index (χ3v) is 7.09. The molecule has 0 amide bonds. The van der Waals surface area contributed by atoms with Crippen molar-refractivity contribution < 1.29 is 18.8 Å².